The second-order valence-electron chi connectivity index (χ2n) is 10.4. The molecule has 4 rings (SSSR count). The first-order chi connectivity index (χ1) is 12.7. The standard InChI is InChI=1S/C23H34O4/c1-13(24)18-7-8-19-17-6-5-15-11-16(27-14(2)25)9-10-22(15,3)21(17)20(26)12-23(18,19)4/h15-19,21H,5-12H2,1-4H3/t15-,16-,17-,18-,19+,21-,22-,23-/m1/s1. The van der Waals surface area contributed by atoms with Gasteiger partial charge in [-0.2, -0.15) is 0 Å². The lowest BCUT2D eigenvalue weighted by molar-refractivity contribution is -0.169. The molecule has 0 heterocycles. The number of rotatable bonds is 2. The highest BCUT2D eigenvalue weighted by molar-refractivity contribution is 5.87. The van der Waals surface area contributed by atoms with Crippen molar-refractivity contribution in [3.63, 3.8) is 0 Å². The van der Waals surface area contributed by atoms with Crippen molar-refractivity contribution in [1.29, 1.82) is 0 Å². The summed E-state index contributed by atoms with van der Waals surface area (Å²) in [5.41, 5.74) is -0.0888. The van der Waals surface area contributed by atoms with Gasteiger partial charge < -0.3 is 4.74 Å². The van der Waals surface area contributed by atoms with Crippen molar-refractivity contribution in [3.05, 3.63) is 0 Å². The van der Waals surface area contributed by atoms with E-state index in [1.165, 1.54) is 6.92 Å². The predicted octanol–water partition coefficient (Wildman–Crippen LogP) is 4.35. The lowest BCUT2D eigenvalue weighted by Crippen LogP contribution is -2.58. The van der Waals surface area contributed by atoms with Gasteiger partial charge in [-0.05, 0) is 80.5 Å². The van der Waals surface area contributed by atoms with Gasteiger partial charge in [0, 0.05) is 25.2 Å². The molecule has 0 aromatic heterocycles. The molecule has 150 valence electrons. The van der Waals surface area contributed by atoms with Gasteiger partial charge >= 0.3 is 5.97 Å². The van der Waals surface area contributed by atoms with Crippen molar-refractivity contribution in [3.8, 4) is 0 Å². The van der Waals surface area contributed by atoms with E-state index in [-0.39, 0.29) is 40.5 Å². The smallest absolute Gasteiger partial charge is 0.302 e. The van der Waals surface area contributed by atoms with Crippen LogP contribution in [-0.2, 0) is 19.1 Å². The van der Waals surface area contributed by atoms with Crippen molar-refractivity contribution < 1.29 is 19.1 Å². The van der Waals surface area contributed by atoms with Crippen LogP contribution in [-0.4, -0.2) is 23.6 Å². The number of ether oxygens (including phenoxy) is 1. The average molecular weight is 375 g/mol. The van der Waals surface area contributed by atoms with Crippen LogP contribution in [0, 0.1) is 40.4 Å². The average Bonchev–Trinajstić information content (AvgIpc) is 2.91. The molecule has 4 aliphatic rings. The SMILES string of the molecule is CC(=O)O[C@@H]1CC[C@]2(C)[C@H](CC[C@@H]3[C@@H]4CC[C@H](C(C)=O)[C@@]4(C)CC(=O)[C@@H]32)C1. The van der Waals surface area contributed by atoms with Gasteiger partial charge in [0.25, 0.3) is 0 Å². The first-order valence-electron chi connectivity index (χ1n) is 10.9. The minimum Gasteiger partial charge on any atom is -0.463 e. The Bertz CT molecular complexity index is 669. The molecule has 4 fully saturated rings. The summed E-state index contributed by atoms with van der Waals surface area (Å²) < 4.78 is 5.51. The Morgan fingerprint density at radius 3 is 2.41 bits per heavy atom. The van der Waals surface area contributed by atoms with E-state index >= 15 is 0 Å². The van der Waals surface area contributed by atoms with E-state index in [0.29, 0.717) is 30.0 Å². The summed E-state index contributed by atoms with van der Waals surface area (Å²) in [6, 6.07) is 0. The highest BCUT2D eigenvalue weighted by Crippen LogP contribution is 2.66. The maximum absolute atomic E-state index is 13.5. The maximum Gasteiger partial charge on any atom is 0.302 e. The molecule has 4 saturated carbocycles. The van der Waals surface area contributed by atoms with Crippen molar-refractivity contribution in [1.82, 2.24) is 0 Å². The molecular weight excluding hydrogens is 340 g/mol. The normalized spacial score (nSPS) is 49.0. The third-order valence-electron chi connectivity index (χ3n) is 9.12. The Morgan fingerprint density at radius 2 is 1.74 bits per heavy atom. The van der Waals surface area contributed by atoms with E-state index in [2.05, 4.69) is 13.8 Å². The zero-order chi connectivity index (χ0) is 19.6. The Labute approximate surface area is 162 Å². The Kier molecular flexibility index (Phi) is 4.55. The van der Waals surface area contributed by atoms with Gasteiger partial charge in [0.05, 0.1) is 0 Å². The monoisotopic (exact) mass is 374 g/mol. The largest absolute Gasteiger partial charge is 0.463 e. The summed E-state index contributed by atoms with van der Waals surface area (Å²) in [6.07, 6.45) is 7.64. The number of esters is 1. The zero-order valence-electron chi connectivity index (χ0n) is 17.3. The van der Waals surface area contributed by atoms with Crippen LogP contribution >= 0.6 is 0 Å². The van der Waals surface area contributed by atoms with Crippen LogP contribution in [0.15, 0.2) is 0 Å². The van der Waals surface area contributed by atoms with Crippen LogP contribution in [0.2, 0.25) is 0 Å². The van der Waals surface area contributed by atoms with Crippen LogP contribution in [0.3, 0.4) is 0 Å². The van der Waals surface area contributed by atoms with Gasteiger partial charge in [-0.1, -0.05) is 13.8 Å². The highest BCUT2D eigenvalue weighted by atomic mass is 16.5. The molecule has 0 aromatic carbocycles. The fourth-order valence-electron chi connectivity index (χ4n) is 8.04. The first kappa shape index (κ1) is 19.1. The molecule has 0 spiro atoms. The summed E-state index contributed by atoms with van der Waals surface area (Å²) in [5.74, 6) is 2.11. The molecule has 4 nitrogen and oxygen atoms in total. The van der Waals surface area contributed by atoms with Gasteiger partial charge in [-0.25, -0.2) is 0 Å². The highest BCUT2D eigenvalue weighted by Gasteiger charge is 2.63. The lowest BCUT2D eigenvalue weighted by atomic mass is 9.44. The molecule has 0 aromatic rings. The second-order valence-corrected chi connectivity index (χ2v) is 10.4. The minimum atomic E-state index is -0.192. The second kappa shape index (κ2) is 6.42. The van der Waals surface area contributed by atoms with E-state index in [1.54, 1.807) is 6.92 Å². The number of Topliss-reactive ketones (excluding diaryl/α,β-unsaturated/α-hetero) is 2. The van der Waals surface area contributed by atoms with Gasteiger partial charge in [0.2, 0.25) is 0 Å². The van der Waals surface area contributed by atoms with Crippen molar-refractivity contribution >= 4 is 17.5 Å². The third kappa shape index (κ3) is 2.81. The van der Waals surface area contributed by atoms with E-state index in [9.17, 15) is 14.4 Å². The summed E-state index contributed by atoms with van der Waals surface area (Å²) in [4.78, 5) is 37.1. The molecule has 0 amide bonds. The molecule has 0 aliphatic heterocycles. The van der Waals surface area contributed by atoms with Gasteiger partial charge in [0.15, 0.2) is 0 Å². The topological polar surface area (TPSA) is 60.4 Å². The van der Waals surface area contributed by atoms with Gasteiger partial charge in [0.1, 0.15) is 17.7 Å². The van der Waals surface area contributed by atoms with E-state index < -0.39 is 0 Å². The Balaban J connectivity index is 1.60. The number of fused-ring (bicyclic) bond motifs is 5. The number of carbonyl (C=O) groups is 3. The molecule has 0 radical (unpaired) electrons. The van der Waals surface area contributed by atoms with Gasteiger partial charge in [-0.15, -0.1) is 0 Å². The first-order valence-corrected chi connectivity index (χ1v) is 10.9. The molecule has 0 N–H and O–H groups in total. The van der Waals surface area contributed by atoms with E-state index in [1.807, 2.05) is 0 Å². The van der Waals surface area contributed by atoms with Crippen molar-refractivity contribution in [2.24, 2.45) is 40.4 Å². The van der Waals surface area contributed by atoms with E-state index in [4.69, 9.17) is 4.74 Å². The van der Waals surface area contributed by atoms with Crippen LogP contribution in [0.25, 0.3) is 0 Å². The van der Waals surface area contributed by atoms with E-state index in [0.717, 1.165) is 44.9 Å². The quantitative estimate of drug-likeness (QED) is 0.675. The third-order valence-corrected chi connectivity index (χ3v) is 9.12. The predicted molar refractivity (Wildman–Crippen MR) is 102 cm³/mol. The van der Waals surface area contributed by atoms with Crippen molar-refractivity contribution in [2.75, 3.05) is 0 Å². The van der Waals surface area contributed by atoms with Crippen LogP contribution in [0.1, 0.15) is 79.1 Å². The number of ketones is 2. The number of hydrogen-bond acceptors (Lipinski definition) is 4. The Hall–Kier alpha value is -1.19. The fraction of sp³-hybridized carbons (Fsp3) is 0.870. The molecule has 8 atom stereocenters. The molecule has 4 aliphatic carbocycles. The van der Waals surface area contributed by atoms with Crippen LogP contribution in [0.4, 0.5) is 0 Å². The van der Waals surface area contributed by atoms with Crippen LogP contribution in [0.5, 0.6) is 0 Å². The molecule has 0 bridgehead atoms. The summed E-state index contributed by atoms with van der Waals surface area (Å²) >= 11 is 0. The molecule has 0 unspecified atom stereocenters. The molecule has 4 heteroatoms. The Morgan fingerprint density at radius 1 is 1.00 bits per heavy atom. The fourth-order valence-corrected chi connectivity index (χ4v) is 8.04. The van der Waals surface area contributed by atoms with Gasteiger partial charge in [-0.3, -0.25) is 14.4 Å². The molecule has 27 heavy (non-hydrogen) atoms. The number of hydrogen-bond donors (Lipinski definition) is 0. The van der Waals surface area contributed by atoms with Crippen molar-refractivity contribution in [2.45, 2.75) is 85.2 Å². The zero-order valence-corrected chi connectivity index (χ0v) is 17.3. The summed E-state index contributed by atoms with van der Waals surface area (Å²) in [7, 11) is 0. The van der Waals surface area contributed by atoms with Crippen LogP contribution < -0.4 is 0 Å². The minimum absolute atomic E-state index is 0.0228. The summed E-state index contributed by atoms with van der Waals surface area (Å²) in [6.45, 7) is 7.75. The summed E-state index contributed by atoms with van der Waals surface area (Å²) in [5, 5.41) is 0. The number of carbonyl (C=O) groups excluding carboxylic acids is 3. The molecule has 0 saturated heterocycles. The molecular formula is C23H34O4. The maximum atomic E-state index is 13.5. The lowest BCUT2D eigenvalue weighted by Gasteiger charge is -2.59.